The van der Waals surface area contributed by atoms with Crippen LogP contribution in [0.4, 0.5) is 0 Å². The Morgan fingerprint density at radius 1 is 0.422 bits per heavy atom. The van der Waals surface area contributed by atoms with Gasteiger partial charge in [0.1, 0.15) is 13.2 Å². The maximum absolute atomic E-state index is 13.0. The van der Waals surface area contributed by atoms with E-state index in [0.717, 1.165) is 89.9 Å². The van der Waals surface area contributed by atoms with Crippen LogP contribution in [0.5, 0.6) is 0 Å². The predicted octanol–water partition coefficient (Wildman–Crippen LogP) is 22.3. The first kappa shape index (κ1) is 80.2. The normalized spacial score (nSPS) is 14.3. The molecule has 0 rings (SSSR count). The molecule has 0 aliphatic carbocycles. The average Bonchev–Trinajstić information content (AvgIpc) is 3.50. The Morgan fingerprint density at radius 3 is 1.11 bits per heavy atom. The molecule has 0 aliphatic heterocycles. The molecule has 0 saturated carbocycles. The number of carbonyl (C=O) groups excluding carboxylic acids is 1. The Kier molecular flexibility index (Phi) is 61.5. The first-order valence-corrected chi connectivity index (χ1v) is 36.3. The quantitative estimate of drug-likeness (QED) is 0.0243. The van der Waals surface area contributed by atoms with E-state index in [-0.39, 0.29) is 19.1 Å². The zero-order valence-corrected chi connectivity index (χ0v) is 55.8. The third-order valence-electron chi connectivity index (χ3n) is 15.2. The molecule has 0 heterocycles. The van der Waals surface area contributed by atoms with Crippen LogP contribution in [0.3, 0.4) is 0 Å². The predicted molar refractivity (Wildman–Crippen MR) is 364 cm³/mol. The molecule has 0 aromatic carbocycles. The first-order valence-electron chi connectivity index (χ1n) is 34.8. The fourth-order valence-corrected chi connectivity index (χ4v) is 10.6. The van der Waals surface area contributed by atoms with Crippen molar-refractivity contribution in [2.24, 2.45) is 0 Å². The van der Waals surface area contributed by atoms with Gasteiger partial charge in [-0.1, -0.05) is 309 Å². The summed E-state index contributed by atoms with van der Waals surface area (Å²) < 4.78 is 23.8. The van der Waals surface area contributed by atoms with Gasteiger partial charge in [-0.05, 0) is 96.3 Å². The van der Waals surface area contributed by atoms with Crippen molar-refractivity contribution in [3.05, 3.63) is 109 Å². The van der Waals surface area contributed by atoms with Gasteiger partial charge in [-0.25, -0.2) is 4.57 Å². The van der Waals surface area contributed by atoms with E-state index in [4.69, 9.17) is 9.05 Å². The molecule has 480 valence electrons. The highest BCUT2D eigenvalue weighted by molar-refractivity contribution is 7.47. The molecule has 3 atom stereocenters. The van der Waals surface area contributed by atoms with Gasteiger partial charge in [-0.2, -0.15) is 0 Å². The van der Waals surface area contributed by atoms with Crippen LogP contribution in [0.15, 0.2) is 109 Å². The van der Waals surface area contributed by atoms with E-state index in [9.17, 15) is 19.4 Å². The highest BCUT2D eigenvalue weighted by atomic mass is 31.2. The minimum absolute atomic E-state index is 0.0476. The molecule has 1 amide bonds. The standard InChI is InChI=1S/C74H133N2O6P/c1-6-8-10-12-14-16-18-20-22-24-26-28-30-32-34-36-37-38-40-41-43-45-47-49-51-53-55-57-59-61-63-65-67-73(77)72(71-82-83(79,80)81-70-69-76(3,4)5)75-74(78)68-66-64-62-60-58-56-54-52-50-48-46-44-42-39-35-33-31-29-27-25-23-21-19-17-15-13-11-9-7-2/h9,11,15,17,21,23,27,29,33,35,42,44,49,51,57,59,65,67,72-73,77H,6-8,10,12-14,16,18-20,22,24-26,28,30-32,34,36-41,43,45-48,50,52-56,58,60-64,66,68-71H2,1-5H3,(H-,75,78,79,80)/p+1/b11-9-,17-15-,23-21-,29-27-,35-33-,44-42-,51-49+,59-57+,67-65+. The van der Waals surface area contributed by atoms with Gasteiger partial charge in [0.15, 0.2) is 0 Å². The van der Waals surface area contributed by atoms with Gasteiger partial charge in [0.25, 0.3) is 0 Å². The highest BCUT2D eigenvalue weighted by Gasteiger charge is 2.28. The number of phosphoric acid groups is 1. The van der Waals surface area contributed by atoms with Crippen molar-refractivity contribution < 1.29 is 32.9 Å². The van der Waals surface area contributed by atoms with Crippen LogP contribution in [0.25, 0.3) is 0 Å². The summed E-state index contributed by atoms with van der Waals surface area (Å²) in [5.74, 6) is -0.197. The number of nitrogens with zero attached hydrogens (tertiary/aromatic N) is 1. The number of carbonyl (C=O) groups is 1. The van der Waals surface area contributed by atoms with Crippen LogP contribution < -0.4 is 5.32 Å². The van der Waals surface area contributed by atoms with Crippen molar-refractivity contribution in [1.82, 2.24) is 5.32 Å². The second-order valence-corrected chi connectivity index (χ2v) is 26.0. The van der Waals surface area contributed by atoms with E-state index in [1.54, 1.807) is 6.08 Å². The average molecular weight is 1180 g/mol. The number of rotatable bonds is 63. The molecule has 3 unspecified atom stereocenters. The van der Waals surface area contributed by atoms with Gasteiger partial charge in [-0.3, -0.25) is 13.8 Å². The maximum Gasteiger partial charge on any atom is 0.472 e. The van der Waals surface area contributed by atoms with E-state index in [1.165, 1.54) is 193 Å². The summed E-state index contributed by atoms with van der Waals surface area (Å²) in [5.41, 5.74) is 0. The molecule has 83 heavy (non-hydrogen) atoms. The minimum atomic E-state index is -4.37. The Bertz CT molecular complexity index is 1720. The van der Waals surface area contributed by atoms with Crippen LogP contribution in [0.1, 0.15) is 303 Å². The largest absolute Gasteiger partial charge is 0.472 e. The molecular formula is C74H134N2O6P+. The summed E-state index contributed by atoms with van der Waals surface area (Å²) >= 11 is 0. The first-order chi connectivity index (χ1) is 40.5. The molecule has 0 saturated heterocycles. The topological polar surface area (TPSA) is 105 Å². The number of hydrogen-bond acceptors (Lipinski definition) is 5. The number of hydrogen-bond donors (Lipinski definition) is 3. The van der Waals surface area contributed by atoms with Crippen molar-refractivity contribution in [1.29, 1.82) is 0 Å². The zero-order valence-electron chi connectivity index (χ0n) is 54.9. The van der Waals surface area contributed by atoms with Crippen molar-refractivity contribution >= 4 is 13.7 Å². The highest BCUT2D eigenvalue weighted by Crippen LogP contribution is 2.43. The number of aliphatic hydroxyl groups is 1. The van der Waals surface area contributed by atoms with E-state index >= 15 is 0 Å². The Labute approximate surface area is 514 Å². The number of likely N-dealkylation sites (N-methyl/N-ethyl adjacent to an activating group) is 1. The smallest absolute Gasteiger partial charge is 0.387 e. The van der Waals surface area contributed by atoms with Crippen molar-refractivity contribution in [3.8, 4) is 0 Å². The summed E-state index contributed by atoms with van der Waals surface area (Å²) in [6.07, 6.45) is 93.8. The summed E-state index contributed by atoms with van der Waals surface area (Å²) in [4.78, 5) is 23.4. The van der Waals surface area contributed by atoms with Gasteiger partial charge in [0, 0.05) is 6.42 Å². The molecule has 0 aromatic heterocycles. The lowest BCUT2D eigenvalue weighted by Gasteiger charge is -2.25. The molecular weight excluding hydrogens is 1040 g/mol. The second kappa shape index (κ2) is 63.7. The number of quaternary nitrogens is 1. The van der Waals surface area contributed by atoms with Gasteiger partial charge < -0.3 is 19.8 Å². The van der Waals surface area contributed by atoms with E-state index in [0.29, 0.717) is 17.4 Å². The molecule has 0 aromatic rings. The van der Waals surface area contributed by atoms with Crippen LogP contribution in [-0.2, 0) is 18.4 Å². The van der Waals surface area contributed by atoms with Gasteiger partial charge in [-0.15, -0.1) is 0 Å². The number of nitrogens with one attached hydrogen (secondary N) is 1. The van der Waals surface area contributed by atoms with E-state index in [2.05, 4.69) is 116 Å². The molecule has 0 fully saturated rings. The zero-order chi connectivity index (χ0) is 60.5. The fourth-order valence-electron chi connectivity index (χ4n) is 9.84. The van der Waals surface area contributed by atoms with E-state index in [1.807, 2.05) is 27.2 Å². The molecule has 0 radical (unpaired) electrons. The number of amides is 1. The van der Waals surface area contributed by atoms with Crippen LogP contribution in [0.2, 0.25) is 0 Å². The lowest BCUT2D eigenvalue weighted by atomic mass is 10.0. The third-order valence-corrected chi connectivity index (χ3v) is 16.2. The number of unbranched alkanes of at least 4 members (excludes halogenated alkanes) is 34. The van der Waals surface area contributed by atoms with Crippen LogP contribution >= 0.6 is 7.82 Å². The van der Waals surface area contributed by atoms with Gasteiger partial charge >= 0.3 is 7.82 Å². The van der Waals surface area contributed by atoms with Crippen molar-refractivity contribution in [3.63, 3.8) is 0 Å². The summed E-state index contributed by atoms with van der Waals surface area (Å²) in [5, 5.41) is 14.0. The van der Waals surface area contributed by atoms with Gasteiger partial charge in [0.2, 0.25) is 5.91 Å². The maximum atomic E-state index is 13.0. The molecule has 0 spiro atoms. The van der Waals surface area contributed by atoms with Crippen LogP contribution in [-0.4, -0.2) is 73.4 Å². The second-order valence-electron chi connectivity index (χ2n) is 24.5. The minimum Gasteiger partial charge on any atom is -0.387 e. The van der Waals surface area contributed by atoms with E-state index < -0.39 is 20.0 Å². The molecule has 3 N–H and O–H groups in total. The Balaban J connectivity index is 4.18. The Hall–Kier alpha value is -2.84. The number of phosphoric ester groups is 1. The number of allylic oxidation sites excluding steroid dienone is 17. The Morgan fingerprint density at radius 2 is 0.735 bits per heavy atom. The molecule has 0 bridgehead atoms. The third kappa shape index (κ3) is 66.5. The monoisotopic (exact) mass is 1180 g/mol. The fraction of sp³-hybridized carbons (Fsp3) is 0.743. The number of aliphatic hydroxyl groups excluding tert-OH is 1. The summed E-state index contributed by atoms with van der Waals surface area (Å²) in [7, 11) is 1.54. The summed E-state index contributed by atoms with van der Waals surface area (Å²) in [6, 6.07) is -0.882. The van der Waals surface area contributed by atoms with Gasteiger partial charge in [0.05, 0.1) is 39.9 Å². The van der Waals surface area contributed by atoms with Crippen molar-refractivity contribution in [2.75, 3.05) is 40.9 Å². The summed E-state index contributed by atoms with van der Waals surface area (Å²) in [6.45, 7) is 4.69. The van der Waals surface area contributed by atoms with Crippen molar-refractivity contribution in [2.45, 2.75) is 315 Å². The lowest BCUT2D eigenvalue weighted by molar-refractivity contribution is -0.870. The molecule has 0 aliphatic rings. The molecule has 8 nitrogen and oxygen atoms in total. The SMILES string of the molecule is CC/C=C\C/C=C\C/C=C\C/C=C\C/C=C\C/C=C\CCCCCCCCCCCCC(=O)NC(COP(=O)(O)OCC[N+](C)(C)C)C(O)/C=C/CC/C=C/CC/C=C/CCCCCCCCCCCCCCCCCCCCCCCC. The molecule has 9 heteroatoms. The van der Waals surface area contributed by atoms with Crippen LogP contribution in [0, 0.1) is 0 Å². The lowest BCUT2D eigenvalue weighted by Crippen LogP contribution is -2.45.